The van der Waals surface area contributed by atoms with E-state index in [4.69, 9.17) is 9.97 Å². The Hall–Kier alpha value is -6.33. The first kappa shape index (κ1) is 32.9. The number of rotatable bonds is 6. The molecular weight excluding hydrogens is 637 g/mol. The number of para-hydroxylation sites is 1. The van der Waals surface area contributed by atoms with E-state index in [1.54, 1.807) is 12.4 Å². The number of aromatic nitrogens is 4. The van der Waals surface area contributed by atoms with Crippen molar-refractivity contribution in [2.45, 2.75) is 33.1 Å². The van der Waals surface area contributed by atoms with Gasteiger partial charge in [0.1, 0.15) is 11.6 Å². The van der Waals surface area contributed by atoms with Crippen LogP contribution in [0.1, 0.15) is 31.9 Å². The molecule has 5 heteroatoms. The van der Waals surface area contributed by atoms with Gasteiger partial charge in [0.15, 0.2) is 0 Å². The third-order valence-electron chi connectivity index (χ3n) is 9.93. The summed E-state index contributed by atoms with van der Waals surface area (Å²) in [6.07, 6.45) is 5.42. The Morgan fingerprint density at radius 3 is 1.87 bits per heavy atom. The predicted molar refractivity (Wildman–Crippen MR) is 214 cm³/mol. The average molecular weight is 677 g/mol. The van der Waals surface area contributed by atoms with E-state index >= 15 is 0 Å². The highest BCUT2D eigenvalue weighted by atomic mass is 16.3. The lowest BCUT2D eigenvalue weighted by molar-refractivity contribution is 0.446. The standard InChI is InChI=1S/C47H40N4O/c1-30-27-49-42(26-39(30)34-21-19-33(20-22-34)31-13-8-6-9-14-31)37-24-35(32-15-10-7-11-16-32)23-36(25-37)38-17-12-18-43-44(38)50-46(51(43)5)40-28-48-29-41(45(40)52)47(2,3)4/h6-29H,1-5H3,(H,48,52). The summed E-state index contributed by atoms with van der Waals surface area (Å²) in [6.45, 7) is 8.34. The van der Waals surface area contributed by atoms with Crippen molar-refractivity contribution in [1.82, 2.24) is 19.5 Å². The SMILES string of the molecule is Cc1cnc(-c2cc(-c3ccccc3)cc(-c3cccc4c3nc(-c3cncc(C(C)(C)C)c3O)n4C)c2)cc1-c1ccc(-c2ccccc2)cc1. The minimum atomic E-state index is -0.271. The van der Waals surface area contributed by atoms with Crippen LogP contribution in [0.15, 0.2) is 146 Å². The number of benzene rings is 5. The van der Waals surface area contributed by atoms with Crippen LogP contribution in [-0.4, -0.2) is 24.6 Å². The molecular formula is C47H40N4O. The Kier molecular flexibility index (Phi) is 8.27. The van der Waals surface area contributed by atoms with Gasteiger partial charge < -0.3 is 9.67 Å². The maximum Gasteiger partial charge on any atom is 0.146 e. The second kappa shape index (κ2) is 13.1. The molecule has 5 nitrogen and oxygen atoms in total. The van der Waals surface area contributed by atoms with Crippen LogP contribution in [0.25, 0.3) is 78.2 Å². The summed E-state index contributed by atoms with van der Waals surface area (Å²) in [5.41, 5.74) is 14.9. The molecule has 8 aromatic rings. The number of hydrogen-bond donors (Lipinski definition) is 1. The van der Waals surface area contributed by atoms with E-state index in [-0.39, 0.29) is 11.2 Å². The molecule has 52 heavy (non-hydrogen) atoms. The lowest BCUT2D eigenvalue weighted by atomic mass is 9.86. The van der Waals surface area contributed by atoms with Gasteiger partial charge >= 0.3 is 0 Å². The average Bonchev–Trinajstić information content (AvgIpc) is 3.51. The molecule has 0 aliphatic rings. The lowest BCUT2D eigenvalue weighted by Gasteiger charge is -2.21. The van der Waals surface area contributed by atoms with Gasteiger partial charge in [-0.25, -0.2) is 4.98 Å². The van der Waals surface area contributed by atoms with Crippen molar-refractivity contribution in [2.75, 3.05) is 0 Å². The van der Waals surface area contributed by atoms with Gasteiger partial charge in [0.2, 0.25) is 0 Å². The zero-order valence-corrected chi connectivity index (χ0v) is 30.1. The smallest absolute Gasteiger partial charge is 0.146 e. The molecule has 254 valence electrons. The third kappa shape index (κ3) is 6.05. The summed E-state index contributed by atoms with van der Waals surface area (Å²) in [7, 11) is 1.99. The van der Waals surface area contributed by atoms with Crippen LogP contribution in [0.4, 0.5) is 0 Å². The predicted octanol–water partition coefficient (Wildman–Crippen LogP) is 11.7. The van der Waals surface area contributed by atoms with Crippen molar-refractivity contribution in [3.05, 3.63) is 157 Å². The molecule has 0 spiro atoms. The molecule has 0 bridgehead atoms. The van der Waals surface area contributed by atoms with Crippen LogP contribution in [0, 0.1) is 6.92 Å². The van der Waals surface area contributed by atoms with E-state index in [2.05, 4.69) is 148 Å². The fourth-order valence-electron chi connectivity index (χ4n) is 7.05. The first-order chi connectivity index (χ1) is 25.2. The number of aromatic hydroxyl groups is 1. The van der Waals surface area contributed by atoms with E-state index in [1.165, 1.54) is 11.1 Å². The van der Waals surface area contributed by atoms with E-state index < -0.39 is 0 Å². The summed E-state index contributed by atoms with van der Waals surface area (Å²) in [5, 5.41) is 11.4. The maximum atomic E-state index is 11.4. The molecule has 0 fully saturated rings. The van der Waals surface area contributed by atoms with Crippen molar-refractivity contribution >= 4 is 11.0 Å². The van der Waals surface area contributed by atoms with Crippen molar-refractivity contribution in [3.63, 3.8) is 0 Å². The van der Waals surface area contributed by atoms with Crippen LogP contribution in [-0.2, 0) is 12.5 Å². The minimum absolute atomic E-state index is 0.215. The Morgan fingerprint density at radius 1 is 0.558 bits per heavy atom. The molecule has 0 saturated heterocycles. The summed E-state index contributed by atoms with van der Waals surface area (Å²) in [4.78, 5) is 14.7. The molecule has 0 aliphatic carbocycles. The normalized spacial score (nSPS) is 11.6. The molecule has 0 aliphatic heterocycles. The van der Waals surface area contributed by atoms with Gasteiger partial charge in [-0.1, -0.05) is 118 Å². The number of pyridine rings is 2. The maximum absolute atomic E-state index is 11.4. The van der Waals surface area contributed by atoms with Gasteiger partial charge in [0.05, 0.1) is 22.3 Å². The van der Waals surface area contributed by atoms with E-state index in [1.807, 2.05) is 29.9 Å². The van der Waals surface area contributed by atoms with Gasteiger partial charge in [-0.05, 0) is 87.2 Å². The first-order valence-corrected chi connectivity index (χ1v) is 17.6. The van der Waals surface area contributed by atoms with Crippen molar-refractivity contribution in [3.8, 4) is 72.9 Å². The lowest BCUT2D eigenvalue weighted by Crippen LogP contribution is -2.12. The van der Waals surface area contributed by atoms with Gasteiger partial charge in [-0.3, -0.25) is 9.97 Å². The molecule has 0 saturated carbocycles. The van der Waals surface area contributed by atoms with Gasteiger partial charge in [0.25, 0.3) is 0 Å². The molecule has 0 atom stereocenters. The van der Waals surface area contributed by atoms with E-state index in [0.717, 1.165) is 66.8 Å². The van der Waals surface area contributed by atoms with Gasteiger partial charge in [-0.15, -0.1) is 0 Å². The number of imidazole rings is 1. The topological polar surface area (TPSA) is 63.8 Å². The Morgan fingerprint density at radius 2 is 1.17 bits per heavy atom. The summed E-state index contributed by atoms with van der Waals surface area (Å²) in [6, 6.07) is 44.9. The number of fused-ring (bicyclic) bond motifs is 1. The van der Waals surface area contributed by atoms with E-state index in [0.29, 0.717) is 11.4 Å². The molecule has 0 unspecified atom stereocenters. The number of hydrogen-bond acceptors (Lipinski definition) is 4. The van der Waals surface area contributed by atoms with Crippen LogP contribution in [0.5, 0.6) is 5.75 Å². The minimum Gasteiger partial charge on any atom is -0.507 e. The Balaban J connectivity index is 1.27. The second-order valence-electron chi connectivity index (χ2n) is 14.5. The van der Waals surface area contributed by atoms with Crippen LogP contribution >= 0.6 is 0 Å². The molecule has 8 rings (SSSR count). The first-order valence-electron chi connectivity index (χ1n) is 17.6. The third-order valence-corrected chi connectivity index (χ3v) is 9.93. The highest BCUT2D eigenvalue weighted by Gasteiger charge is 2.24. The van der Waals surface area contributed by atoms with Gasteiger partial charge in [-0.2, -0.15) is 0 Å². The van der Waals surface area contributed by atoms with Crippen LogP contribution in [0.2, 0.25) is 0 Å². The quantitative estimate of drug-likeness (QED) is 0.190. The molecule has 3 heterocycles. The largest absolute Gasteiger partial charge is 0.507 e. The molecule has 3 aromatic heterocycles. The number of aryl methyl sites for hydroxylation is 2. The fraction of sp³-hybridized carbons (Fsp3) is 0.128. The molecule has 1 N–H and O–H groups in total. The van der Waals surface area contributed by atoms with Crippen molar-refractivity contribution in [1.29, 1.82) is 0 Å². The Bertz CT molecular complexity index is 2560. The van der Waals surface area contributed by atoms with Gasteiger partial charge in [0, 0.05) is 42.3 Å². The molecule has 5 aromatic carbocycles. The highest BCUT2D eigenvalue weighted by molar-refractivity contribution is 5.96. The monoisotopic (exact) mass is 676 g/mol. The highest BCUT2D eigenvalue weighted by Crippen LogP contribution is 2.41. The summed E-state index contributed by atoms with van der Waals surface area (Å²) >= 11 is 0. The zero-order valence-electron chi connectivity index (χ0n) is 30.1. The molecule has 0 amide bonds. The van der Waals surface area contributed by atoms with Crippen molar-refractivity contribution in [2.24, 2.45) is 7.05 Å². The van der Waals surface area contributed by atoms with Crippen molar-refractivity contribution < 1.29 is 5.11 Å². The Labute approximate surface area is 305 Å². The molecule has 0 radical (unpaired) electrons. The van der Waals surface area contributed by atoms with E-state index in [9.17, 15) is 5.11 Å². The van der Waals surface area contributed by atoms with Crippen LogP contribution in [0.3, 0.4) is 0 Å². The fourth-order valence-corrected chi connectivity index (χ4v) is 7.05. The summed E-state index contributed by atoms with van der Waals surface area (Å²) < 4.78 is 2.04. The van der Waals surface area contributed by atoms with Crippen LogP contribution < -0.4 is 0 Å². The second-order valence-corrected chi connectivity index (χ2v) is 14.5. The number of nitrogens with zero attached hydrogens (tertiary/aromatic N) is 4. The summed E-state index contributed by atoms with van der Waals surface area (Å²) in [5.74, 6) is 0.882. The zero-order chi connectivity index (χ0) is 36.0.